The van der Waals surface area contributed by atoms with Crippen LogP contribution in [0.3, 0.4) is 0 Å². The van der Waals surface area contributed by atoms with E-state index in [0.29, 0.717) is 19.4 Å². The molecular formula is C15H27N3O4. The molecule has 1 aliphatic carbocycles. The Morgan fingerprint density at radius 2 is 1.82 bits per heavy atom. The topological polar surface area (TPSA) is 108 Å². The van der Waals surface area contributed by atoms with E-state index in [1.807, 2.05) is 6.92 Å². The van der Waals surface area contributed by atoms with Crippen LogP contribution in [0.15, 0.2) is 0 Å². The molecule has 22 heavy (non-hydrogen) atoms. The Morgan fingerprint density at radius 3 is 2.36 bits per heavy atom. The van der Waals surface area contributed by atoms with Crippen molar-refractivity contribution in [2.45, 2.75) is 70.4 Å². The number of urea groups is 1. The van der Waals surface area contributed by atoms with Crippen molar-refractivity contribution in [2.75, 3.05) is 6.54 Å². The summed E-state index contributed by atoms with van der Waals surface area (Å²) in [6.07, 6.45) is 5.61. The van der Waals surface area contributed by atoms with E-state index in [4.69, 9.17) is 5.11 Å². The molecule has 126 valence electrons. The summed E-state index contributed by atoms with van der Waals surface area (Å²) in [7, 11) is 0. The highest BCUT2D eigenvalue weighted by atomic mass is 16.4. The Labute approximate surface area is 131 Å². The van der Waals surface area contributed by atoms with Gasteiger partial charge < -0.3 is 21.1 Å². The molecule has 3 amide bonds. The van der Waals surface area contributed by atoms with E-state index in [1.54, 1.807) is 0 Å². The van der Waals surface area contributed by atoms with E-state index < -0.39 is 23.5 Å². The molecular weight excluding hydrogens is 286 g/mol. The Kier molecular flexibility index (Phi) is 7.14. The lowest BCUT2D eigenvalue weighted by Crippen LogP contribution is -2.63. The maximum absolute atomic E-state index is 12.5. The summed E-state index contributed by atoms with van der Waals surface area (Å²) in [6, 6.07) is -1.34. The van der Waals surface area contributed by atoms with Gasteiger partial charge in [-0.2, -0.15) is 0 Å². The number of carboxylic acids is 1. The summed E-state index contributed by atoms with van der Waals surface area (Å²) in [4.78, 5) is 35.4. The third kappa shape index (κ3) is 5.20. The average molecular weight is 313 g/mol. The zero-order chi connectivity index (χ0) is 16.6. The molecule has 1 fully saturated rings. The molecule has 0 radical (unpaired) electrons. The quantitative estimate of drug-likeness (QED) is 0.532. The zero-order valence-electron chi connectivity index (χ0n) is 13.4. The Bertz CT molecular complexity index is 406. The second-order valence-corrected chi connectivity index (χ2v) is 5.91. The van der Waals surface area contributed by atoms with E-state index in [-0.39, 0.29) is 6.03 Å². The summed E-state index contributed by atoms with van der Waals surface area (Å²) < 4.78 is 0. The van der Waals surface area contributed by atoms with Crippen LogP contribution in [0.5, 0.6) is 0 Å². The van der Waals surface area contributed by atoms with Crippen LogP contribution >= 0.6 is 0 Å². The van der Waals surface area contributed by atoms with E-state index in [2.05, 4.69) is 16.0 Å². The predicted molar refractivity (Wildman–Crippen MR) is 82.5 cm³/mol. The Hall–Kier alpha value is -1.79. The first-order valence-electron chi connectivity index (χ1n) is 8.01. The van der Waals surface area contributed by atoms with Crippen LogP contribution in [0.1, 0.15) is 58.8 Å². The van der Waals surface area contributed by atoms with Gasteiger partial charge in [-0.1, -0.05) is 32.6 Å². The third-order valence-electron chi connectivity index (χ3n) is 4.03. The minimum absolute atomic E-state index is 0.367. The second-order valence-electron chi connectivity index (χ2n) is 5.91. The standard InChI is InChI=1S/C15H27N3O4/c1-3-4-10-16-14(22)18-15(8-6-5-7-9-15)13(21)17-11(2)12(19)20/h11H,3-10H2,1-2H3,(H,17,21)(H,19,20)(H2,16,18,22)/t11-/m1/s1. The molecule has 0 saturated heterocycles. The molecule has 0 aliphatic heterocycles. The van der Waals surface area contributed by atoms with Crippen molar-refractivity contribution in [1.82, 2.24) is 16.0 Å². The highest BCUT2D eigenvalue weighted by molar-refractivity contribution is 5.93. The van der Waals surface area contributed by atoms with Gasteiger partial charge in [-0.05, 0) is 26.2 Å². The molecule has 1 atom stereocenters. The molecule has 0 spiro atoms. The number of nitrogens with one attached hydrogen (secondary N) is 3. The first-order chi connectivity index (χ1) is 10.4. The van der Waals surface area contributed by atoms with Crippen LogP contribution in [0, 0.1) is 0 Å². The maximum Gasteiger partial charge on any atom is 0.325 e. The lowest BCUT2D eigenvalue weighted by atomic mass is 9.80. The molecule has 1 rings (SSSR count). The Balaban J connectivity index is 2.70. The SMILES string of the molecule is CCCCNC(=O)NC1(C(=O)N[C@H](C)C(=O)O)CCCCC1. The number of unbranched alkanes of at least 4 members (excludes halogenated alkanes) is 1. The zero-order valence-corrected chi connectivity index (χ0v) is 13.4. The van der Waals surface area contributed by atoms with E-state index in [9.17, 15) is 14.4 Å². The lowest BCUT2D eigenvalue weighted by molar-refractivity contribution is -0.142. The van der Waals surface area contributed by atoms with Gasteiger partial charge in [0, 0.05) is 6.54 Å². The molecule has 0 aromatic carbocycles. The fourth-order valence-electron chi connectivity index (χ4n) is 2.60. The van der Waals surface area contributed by atoms with Gasteiger partial charge in [0.15, 0.2) is 0 Å². The number of hydrogen-bond acceptors (Lipinski definition) is 3. The highest BCUT2D eigenvalue weighted by Gasteiger charge is 2.41. The number of carbonyl (C=O) groups is 3. The van der Waals surface area contributed by atoms with Crippen molar-refractivity contribution in [1.29, 1.82) is 0 Å². The van der Waals surface area contributed by atoms with Crippen LogP contribution in [0.4, 0.5) is 4.79 Å². The molecule has 0 unspecified atom stereocenters. The molecule has 0 bridgehead atoms. The third-order valence-corrected chi connectivity index (χ3v) is 4.03. The lowest BCUT2D eigenvalue weighted by Gasteiger charge is -2.37. The number of hydrogen-bond donors (Lipinski definition) is 4. The normalized spacial score (nSPS) is 18.1. The van der Waals surface area contributed by atoms with Gasteiger partial charge in [-0.3, -0.25) is 9.59 Å². The summed E-state index contributed by atoms with van der Waals surface area (Å²) in [6.45, 7) is 4.01. The van der Waals surface area contributed by atoms with Crippen molar-refractivity contribution in [2.24, 2.45) is 0 Å². The monoisotopic (exact) mass is 313 g/mol. The van der Waals surface area contributed by atoms with Crippen molar-refractivity contribution in [3.63, 3.8) is 0 Å². The van der Waals surface area contributed by atoms with Crippen molar-refractivity contribution >= 4 is 17.9 Å². The molecule has 0 aromatic rings. The summed E-state index contributed by atoms with van der Waals surface area (Å²) in [5.41, 5.74) is -1.00. The largest absolute Gasteiger partial charge is 0.480 e. The minimum Gasteiger partial charge on any atom is -0.480 e. The van der Waals surface area contributed by atoms with E-state index >= 15 is 0 Å². The number of aliphatic carboxylic acids is 1. The molecule has 7 nitrogen and oxygen atoms in total. The molecule has 1 saturated carbocycles. The molecule has 4 N–H and O–H groups in total. The van der Waals surface area contributed by atoms with Crippen LogP contribution in [-0.4, -0.2) is 41.1 Å². The first kappa shape index (κ1) is 18.3. The minimum atomic E-state index is -1.09. The number of rotatable bonds is 7. The van der Waals surface area contributed by atoms with Gasteiger partial charge in [-0.15, -0.1) is 0 Å². The number of carbonyl (C=O) groups excluding carboxylic acids is 2. The van der Waals surface area contributed by atoms with Crippen molar-refractivity contribution in [3.8, 4) is 0 Å². The van der Waals surface area contributed by atoms with Crippen LogP contribution < -0.4 is 16.0 Å². The van der Waals surface area contributed by atoms with Crippen molar-refractivity contribution < 1.29 is 19.5 Å². The molecule has 0 aromatic heterocycles. The fourth-order valence-corrected chi connectivity index (χ4v) is 2.60. The Morgan fingerprint density at radius 1 is 1.18 bits per heavy atom. The van der Waals surface area contributed by atoms with Crippen LogP contribution in [0.25, 0.3) is 0 Å². The molecule has 1 aliphatic rings. The van der Waals surface area contributed by atoms with Crippen LogP contribution in [-0.2, 0) is 9.59 Å². The van der Waals surface area contributed by atoms with E-state index in [0.717, 1.165) is 32.1 Å². The maximum atomic E-state index is 12.5. The summed E-state index contributed by atoms with van der Waals surface area (Å²) in [5, 5.41) is 16.9. The van der Waals surface area contributed by atoms with Crippen LogP contribution in [0.2, 0.25) is 0 Å². The second kappa shape index (κ2) is 8.60. The van der Waals surface area contributed by atoms with Gasteiger partial charge >= 0.3 is 12.0 Å². The van der Waals surface area contributed by atoms with Gasteiger partial charge in [-0.25, -0.2) is 4.79 Å². The van der Waals surface area contributed by atoms with Gasteiger partial charge in [0.25, 0.3) is 0 Å². The average Bonchev–Trinajstić information content (AvgIpc) is 2.48. The molecule has 7 heteroatoms. The van der Waals surface area contributed by atoms with Gasteiger partial charge in [0.2, 0.25) is 5.91 Å². The highest BCUT2D eigenvalue weighted by Crippen LogP contribution is 2.28. The first-order valence-corrected chi connectivity index (χ1v) is 8.01. The predicted octanol–water partition coefficient (Wildman–Crippen LogP) is 1.38. The van der Waals surface area contributed by atoms with Gasteiger partial charge in [0.1, 0.15) is 11.6 Å². The number of amides is 3. The van der Waals surface area contributed by atoms with Crippen molar-refractivity contribution in [3.05, 3.63) is 0 Å². The molecule has 0 heterocycles. The fraction of sp³-hybridized carbons (Fsp3) is 0.800. The summed E-state index contributed by atoms with van der Waals surface area (Å²) in [5.74, 6) is -1.50. The van der Waals surface area contributed by atoms with Gasteiger partial charge in [0.05, 0.1) is 0 Å². The van der Waals surface area contributed by atoms with E-state index in [1.165, 1.54) is 6.92 Å². The smallest absolute Gasteiger partial charge is 0.325 e. The number of carboxylic acid groups (broad SMARTS) is 1. The summed E-state index contributed by atoms with van der Waals surface area (Å²) >= 11 is 0.